The maximum atomic E-state index is 13.1. The number of carboxylic acid groups (broad SMARTS) is 1. The summed E-state index contributed by atoms with van der Waals surface area (Å²) < 4.78 is 63.7. The first-order valence-corrected chi connectivity index (χ1v) is 13.0. The van der Waals surface area contributed by atoms with E-state index in [1.54, 1.807) is 30.3 Å². The van der Waals surface area contributed by atoms with E-state index >= 15 is 0 Å². The molecule has 0 radical (unpaired) electrons. The second kappa shape index (κ2) is 10.2. The summed E-state index contributed by atoms with van der Waals surface area (Å²) in [6.45, 7) is -1.35. The lowest BCUT2D eigenvalue weighted by molar-refractivity contribution is -0.274. The predicted molar refractivity (Wildman–Crippen MR) is 140 cm³/mol. The molecule has 1 N–H and O–H groups in total. The Balaban J connectivity index is 1.23. The molecule has 0 saturated heterocycles. The number of hydrogen-bond donors (Lipinski definition) is 1. The van der Waals surface area contributed by atoms with Crippen molar-refractivity contribution in [1.29, 1.82) is 0 Å². The molecule has 2 aliphatic carbocycles. The highest BCUT2D eigenvalue weighted by atomic mass is 35.5. The lowest BCUT2D eigenvalue weighted by atomic mass is 10.0. The number of aromatic nitrogens is 1. The zero-order chi connectivity index (χ0) is 28.9. The van der Waals surface area contributed by atoms with Crippen molar-refractivity contribution in [3.8, 4) is 22.8 Å². The number of rotatable bonds is 9. The lowest BCUT2D eigenvalue weighted by Crippen LogP contribution is -2.17. The molecule has 0 spiro atoms. The van der Waals surface area contributed by atoms with Crippen LogP contribution in [-0.4, -0.2) is 22.6 Å². The molecule has 0 bridgehead atoms. The molecular formula is C30H23ClF3NO5. The van der Waals surface area contributed by atoms with Gasteiger partial charge in [0, 0.05) is 16.5 Å². The average Bonchev–Trinajstić information content (AvgIpc) is 3.86. The van der Waals surface area contributed by atoms with Crippen LogP contribution in [0.3, 0.4) is 0 Å². The van der Waals surface area contributed by atoms with Crippen LogP contribution in [0.25, 0.3) is 11.3 Å². The zero-order valence-electron chi connectivity index (χ0n) is 21.8. The lowest BCUT2D eigenvalue weighted by Gasteiger charge is -2.13. The van der Waals surface area contributed by atoms with Crippen molar-refractivity contribution in [3.63, 3.8) is 0 Å². The van der Waals surface area contributed by atoms with Gasteiger partial charge < -0.3 is 19.1 Å². The number of halogens is 4. The number of hydrogen-bond acceptors (Lipinski definition) is 5. The van der Waals surface area contributed by atoms with Crippen LogP contribution in [0.5, 0.6) is 11.5 Å². The number of alkyl halides is 3. The summed E-state index contributed by atoms with van der Waals surface area (Å²) in [7, 11) is 0. The first kappa shape index (κ1) is 25.0. The predicted octanol–water partition coefficient (Wildman–Crippen LogP) is 8.32. The third kappa shape index (κ3) is 5.51. The van der Waals surface area contributed by atoms with Gasteiger partial charge in [0.05, 0.1) is 12.5 Å². The molecule has 3 aromatic carbocycles. The van der Waals surface area contributed by atoms with Crippen molar-refractivity contribution in [2.24, 2.45) is 0 Å². The average molecular weight is 571 g/mol. The van der Waals surface area contributed by atoms with E-state index in [-0.39, 0.29) is 40.1 Å². The van der Waals surface area contributed by atoms with Crippen LogP contribution in [0.1, 0.15) is 71.2 Å². The van der Waals surface area contributed by atoms with Gasteiger partial charge in [-0.3, -0.25) is 0 Å². The molecule has 1 aromatic heterocycles. The van der Waals surface area contributed by atoms with Crippen molar-refractivity contribution in [3.05, 3.63) is 99.8 Å². The van der Waals surface area contributed by atoms with E-state index in [0.29, 0.717) is 16.5 Å². The Morgan fingerprint density at radius 2 is 1.85 bits per heavy atom. The van der Waals surface area contributed by atoms with E-state index in [9.17, 15) is 18.0 Å². The second-order valence-electron chi connectivity index (χ2n) is 9.92. The van der Waals surface area contributed by atoms with Crippen LogP contribution in [0.2, 0.25) is 5.02 Å². The summed E-state index contributed by atoms with van der Waals surface area (Å²) in [4.78, 5) is 11.1. The topological polar surface area (TPSA) is 81.8 Å². The van der Waals surface area contributed by atoms with Gasteiger partial charge in [-0.15, -0.1) is 13.2 Å². The molecule has 206 valence electrons. The van der Waals surface area contributed by atoms with E-state index in [1.165, 1.54) is 18.2 Å². The van der Waals surface area contributed by atoms with Crippen LogP contribution in [0.15, 0.2) is 71.3 Å². The molecule has 40 heavy (non-hydrogen) atoms. The van der Waals surface area contributed by atoms with Crippen LogP contribution in [0.4, 0.5) is 13.2 Å². The quantitative estimate of drug-likeness (QED) is 0.218. The Kier molecular flexibility index (Phi) is 6.38. The fourth-order valence-electron chi connectivity index (χ4n) is 4.92. The molecule has 4 aromatic rings. The van der Waals surface area contributed by atoms with Crippen molar-refractivity contribution < 1.29 is 38.4 Å². The number of benzene rings is 3. The largest absolute Gasteiger partial charge is 0.573 e. The van der Waals surface area contributed by atoms with Gasteiger partial charge >= 0.3 is 12.3 Å². The Morgan fingerprint density at radius 1 is 1.10 bits per heavy atom. The molecule has 2 saturated carbocycles. The van der Waals surface area contributed by atoms with Crippen molar-refractivity contribution in [1.82, 2.24) is 5.16 Å². The molecule has 3 unspecified atom stereocenters. The molecule has 10 heteroatoms. The summed E-state index contributed by atoms with van der Waals surface area (Å²) in [5.41, 5.74) is 2.52. The van der Waals surface area contributed by atoms with Gasteiger partial charge in [0.15, 0.2) is 0 Å². The van der Waals surface area contributed by atoms with Gasteiger partial charge in [0.25, 0.3) is 0 Å². The summed E-state index contributed by atoms with van der Waals surface area (Å²) in [5, 5.41) is 13.6. The smallest absolute Gasteiger partial charge is 0.489 e. The molecule has 2 aliphatic rings. The molecule has 6 nitrogen and oxygen atoms in total. The fourth-order valence-corrected chi connectivity index (χ4v) is 5.23. The standard InChI is InChI=1S/C30H23ClF3NO5/c31-25-13-19(11-12-20(25)23-14-22(23)16-5-9-18(10-6-16)29(36)37)38-15-24-27(35-40-28(24)17-7-8-17)21-3-1-2-4-26(21)39-30(32,33)34/h1-6,9-13,17,22-23H,7-8,14-15H2,(H,36,37)/i15D. The maximum absolute atomic E-state index is 13.1. The third-order valence-electron chi connectivity index (χ3n) is 7.13. The highest BCUT2D eigenvalue weighted by Crippen LogP contribution is 2.56. The van der Waals surface area contributed by atoms with Gasteiger partial charge in [-0.05, 0) is 78.6 Å². The maximum Gasteiger partial charge on any atom is 0.573 e. The molecule has 0 aliphatic heterocycles. The number of carboxylic acids is 1. The normalized spacial score (nSPS) is 19.6. The number of para-hydroxylation sites is 1. The SMILES string of the molecule is [2H]C(Oc1ccc(C2CC2c2ccc(C(=O)O)cc2)c(Cl)c1)c1c(-c2ccccc2OC(F)(F)F)noc1C1CC1. The van der Waals surface area contributed by atoms with Crippen LogP contribution in [0, 0.1) is 0 Å². The summed E-state index contributed by atoms with van der Waals surface area (Å²) in [6, 6.07) is 17.5. The summed E-state index contributed by atoms with van der Waals surface area (Å²) in [5.74, 6) is -0.304. The van der Waals surface area contributed by atoms with Crippen LogP contribution in [-0.2, 0) is 6.58 Å². The highest BCUT2D eigenvalue weighted by molar-refractivity contribution is 6.31. The first-order valence-electron chi connectivity index (χ1n) is 13.2. The minimum absolute atomic E-state index is 0.0146. The molecule has 2 fully saturated rings. The van der Waals surface area contributed by atoms with Crippen molar-refractivity contribution >= 4 is 17.6 Å². The number of carbonyl (C=O) groups is 1. The second-order valence-corrected chi connectivity index (χ2v) is 10.3. The minimum atomic E-state index is -4.91. The summed E-state index contributed by atoms with van der Waals surface area (Å²) in [6.07, 6.45) is -2.41. The van der Waals surface area contributed by atoms with E-state index in [0.717, 1.165) is 30.4 Å². The number of aromatic carboxylic acids is 1. The fraction of sp³-hybridized carbons (Fsp3) is 0.267. The Labute approximate surface area is 233 Å². The summed E-state index contributed by atoms with van der Waals surface area (Å²) >= 11 is 6.62. The Morgan fingerprint density at radius 3 is 2.52 bits per heavy atom. The van der Waals surface area contributed by atoms with Crippen LogP contribution < -0.4 is 9.47 Å². The minimum Gasteiger partial charge on any atom is -0.489 e. The molecule has 1 heterocycles. The number of nitrogens with zero attached hydrogens (tertiary/aromatic N) is 1. The first-order chi connectivity index (χ1) is 19.6. The Bertz CT molecular complexity index is 1600. The molecular weight excluding hydrogens is 547 g/mol. The third-order valence-corrected chi connectivity index (χ3v) is 7.46. The van der Waals surface area contributed by atoms with Gasteiger partial charge in [0.1, 0.15) is 29.5 Å². The molecule has 6 rings (SSSR count). The Hall–Kier alpha value is -3.98. The highest BCUT2D eigenvalue weighted by Gasteiger charge is 2.41. The van der Waals surface area contributed by atoms with Gasteiger partial charge in [-0.2, -0.15) is 0 Å². The molecule has 3 atom stereocenters. The van der Waals surface area contributed by atoms with Gasteiger partial charge in [-0.1, -0.05) is 47.1 Å². The van der Waals surface area contributed by atoms with Crippen molar-refractivity contribution in [2.75, 3.05) is 0 Å². The van der Waals surface area contributed by atoms with Gasteiger partial charge in [-0.25, -0.2) is 4.79 Å². The van der Waals surface area contributed by atoms with Crippen molar-refractivity contribution in [2.45, 2.75) is 50.0 Å². The van der Waals surface area contributed by atoms with E-state index in [2.05, 4.69) is 9.89 Å². The molecule has 0 amide bonds. The number of ether oxygens (including phenoxy) is 2. The monoisotopic (exact) mass is 570 g/mol. The zero-order valence-corrected chi connectivity index (χ0v) is 21.6. The van der Waals surface area contributed by atoms with Crippen LogP contribution >= 0.6 is 11.6 Å². The van der Waals surface area contributed by atoms with E-state index in [1.807, 2.05) is 18.2 Å². The van der Waals surface area contributed by atoms with E-state index < -0.39 is 24.7 Å². The van der Waals surface area contributed by atoms with E-state index in [4.69, 9.17) is 27.3 Å². The van der Waals surface area contributed by atoms with Gasteiger partial charge in [0.2, 0.25) is 0 Å².